The number of nitrogens with zero attached hydrogens (tertiary/aromatic N) is 1. The van der Waals surface area contributed by atoms with Crippen molar-refractivity contribution in [2.45, 2.75) is 26.8 Å². The van der Waals surface area contributed by atoms with Gasteiger partial charge in [0.1, 0.15) is 5.75 Å². The predicted molar refractivity (Wildman–Crippen MR) is 82.7 cm³/mol. The monoisotopic (exact) mass is 286 g/mol. The summed E-state index contributed by atoms with van der Waals surface area (Å²) in [6.45, 7) is 5.72. The smallest absolute Gasteiger partial charge is 0.269 e. The lowest BCUT2D eigenvalue weighted by molar-refractivity contribution is -0.384. The standard InChI is InChI=1S/C16H18N2O3/c1-10-4-7-16(19)14(8-10)12(3)17-15-6-5-13(18(20)21)9-11(15)2/h4-9,12,17,19H,1-3H3. The molecule has 2 aromatic rings. The van der Waals surface area contributed by atoms with Crippen LogP contribution in [0.25, 0.3) is 0 Å². The summed E-state index contributed by atoms with van der Waals surface area (Å²) in [5, 5.41) is 24.0. The Hall–Kier alpha value is -2.56. The zero-order valence-electron chi connectivity index (χ0n) is 12.3. The van der Waals surface area contributed by atoms with Crippen LogP contribution in [0.1, 0.15) is 29.7 Å². The lowest BCUT2D eigenvalue weighted by Gasteiger charge is -2.19. The molecule has 5 heteroatoms. The van der Waals surface area contributed by atoms with Crippen molar-refractivity contribution < 1.29 is 10.0 Å². The van der Waals surface area contributed by atoms with E-state index < -0.39 is 4.92 Å². The Balaban J connectivity index is 2.25. The summed E-state index contributed by atoms with van der Waals surface area (Å²) < 4.78 is 0. The van der Waals surface area contributed by atoms with Gasteiger partial charge in [0, 0.05) is 23.4 Å². The number of aromatic hydroxyl groups is 1. The molecule has 0 saturated heterocycles. The number of hydrogen-bond acceptors (Lipinski definition) is 4. The maximum atomic E-state index is 10.7. The molecule has 0 aliphatic rings. The molecule has 2 rings (SSSR count). The zero-order chi connectivity index (χ0) is 15.6. The van der Waals surface area contributed by atoms with Crippen molar-refractivity contribution in [3.05, 3.63) is 63.2 Å². The fourth-order valence-corrected chi connectivity index (χ4v) is 2.26. The second-order valence-electron chi connectivity index (χ2n) is 5.18. The van der Waals surface area contributed by atoms with Crippen LogP contribution in [-0.2, 0) is 0 Å². The van der Waals surface area contributed by atoms with Crippen LogP contribution in [-0.4, -0.2) is 10.0 Å². The minimum Gasteiger partial charge on any atom is -0.508 e. The Morgan fingerprint density at radius 3 is 2.52 bits per heavy atom. The van der Waals surface area contributed by atoms with Gasteiger partial charge in [0.2, 0.25) is 0 Å². The molecule has 0 amide bonds. The number of anilines is 1. The van der Waals surface area contributed by atoms with E-state index in [0.29, 0.717) is 0 Å². The highest BCUT2D eigenvalue weighted by Gasteiger charge is 2.13. The van der Waals surface area contributed by atoms with Crippen LogP contribution in [0.4, 0.5) is 11.4 Å². The average Bonchev–Trinajstić information content (AvgIpc) is 2.43. The van der Waals surface area contributed by atoms with Crippen molar-refractivity contribution >= 4 is 11.4 Å². The maximum Gasteiger partial charge on any atom is 0.269 e. The molecule has 2 N–H and O–H groups in total. The van der Waals surface area contributed by atoms with E-state index in [-0.39, 0.29) is 17.5 Å². The normalized spacial score (nSPS) is 12.0. The Bertz CT molecular complexity index is 683. The van der Waals surface area contributed by atoms with Gasteiger partial charge in [-0.1, -0.05) is 17.7 Å². The first kappa shape index (κ1) is 14.8. The summed E-state index contributed by atoms with van der Waals surface area (Å²) in [6, 6.07) is 10.0. The quantitative estimate of drug-likeness (QED) is 0.655. The van der Waals surface area contributed by atoms with Crippen molar-refractivity contribution in [3.8, 4) is 5.75 Å². The van der Waals surface area contributed by atoms with Gasteiger partial charge in [0.25, 0.3) is 5.69 Å². The third-order valence-corrected chi connectivity index (χ3v) is 3.44. The largest absolute Gasteiger partial charge is 0.508 e. The minimum atomic E-state index is -0.410. The third kappa shape index (κ3) is 3.31. The van der Waals surface area contributed by atoms with Crippen LogP contribution in [0.15, 0.2) is 36.4 Å². The molecule has 2 aromatic carbocycles. The summed E-state index contributed by atoms with van der Waals surface area (Å²) in [5.41, 5.74) is 3.55. The van der Waals surface area contributed by atoms with Gasteiger partial charge in [-0.05, 0) is 38.5 Å². The highest BCUT2D eigenvalue weighted by atomic mass is 16.6. The van der Waals surface area contributed by atoms with E-state index in [1.54, 1.807) is 12.1 Å². The number of hydrogen-bond donors (Lipinski definition) is 2. The summed E-state index contributed by atoms with van der Waals surface area (Å²) in [7, 11) is 0. The molecule has 21 heavy (non-hydrogen) atoms. The predicted octanol–water partition coefficient (Wildman–Crippen LogP) is 4.09. The first-order valence-electron chi connectivity index (χ1n) is 6.69. The molecular weight excluding hydrogens is 268 g/mol. The van der Waals surface area contributed by atoms with Crippen molar-refractivity contribution in [2.24, 2.45) is 0 Å². The summed E-state index contributed by atoms with van der Waals surface area (Å²) >= 11 is 0. The van der Waals surface area contributed by atoms with Gasteiger partial charge in [-0.25, -0.2) is 0 Å². The van der Waals surface area contributed by atoms with Crippen molar-refractivity contribution in [1.82, 2.24) is 0 Å². The number of phenols is 1. The van der Waals surface area contributed by atoms with Crippen LogP contribution >= 0.6 is 0 Å². The number of rotatable bonds is 4. The molecule has 0 saturated carbocycles. The molecule has 0 radical (unpaired) electrons. The van der Waals surface area contributed by atoms with E-state index >= 15 is 0 Å². The average molecular weight is 286 g/mol. The number of nitrogens with one attached hydrogen (secondary N) is 1. The Morgan fingerprint density at radius 2 is 1.90 bits per heavy atom. The maximum absolute atomic E-state index is 10.7. The van der Waals surface area contributed by atoms with Crippen LogP contribution in [0.2, 0.25) is 0 Å². The zero-order valence-corrected chi connectivity index (χ0v) is 12.3. The second kappa shape index (κ2) is 5.83. The van der Waals surface area contributed by atoms with Gasteiger partial charge in [0.05, 0.1) is 11.0 Å². The minimum absolute atomic E-state index is 0.0732. The van der Waals surface area contributed by atoms with Gasteiger partial charge in [0.15, 0.2) is 0 Å². The number of non-ortho nitro benzene ring substituents is 1. The van der Waals surface area contributed by atoms with Crippen LogP contribution in [0.3, 0.4) is 0 Å². The number of phenolic OH excluding ortho intramolecular Hbond substituents is 1. The number of aryl methyl sites for hydroxylation is 2. The number of nitro groups is 1. The van der Waals surface area contributed by atoms with E-state index in [0.717, 1.165) is 22.4 Å². The SMILES string of the molecule is Cc1ccc(O)c(C(C)Nc2ccc([N+](=O)[O-])cc2C)c1. The fraction of sp³-hybridized carbons (Fsp3) is 0.250. The lowest BCUT2D eigenvalue weighted by Crippen LogP contribution is -2.08. The molecule has 1 unspecified atom stereocenters. The molecule has 0 spiro atoms. The van der Waals surface area contributed by atoms with E-state index in [9.17, 15) is 15.2 Å². The fourth-order valence-electron chi connectivity index (χ4n) is 2.26. The molecular formula is C16H18N2O3. The second-order valence-corrected chi connectivity index (χ2v) is 5.18. The van der Waals surface area contributed by atoms with Crippen molar-refractivity contribution in [2.75, 3.05) is 5.32 Å². The Kier molecular flexibility index (Phi) is 4.12. The summed E-state index contributed by atoms with van der Waals surface area (Å²) in [4.78, 5) is 10.3. The Labute approximate surface area is 123 Å². The van der Waals surface area contributed by atoms with Gasteiger partial charge < -0.3 is 10.4 Å². The van der Waals surface area contributed by atoms with E-state index in [2.05, 4.69) is 5.32 Å². The summed E-state index contributed by atoms with van der Waals surface area (Å²) in [6.07, 6.45) is 0. The van der Waals surface area contributed by atoms with Gasteiger partial charge in [-0.2, -0.15) is 0 Å². The van der Waals surface area contributed by atoms with Gasteiger partial charge >= 0.3 is 0 Å². The number of nitro benzene ring substituents is 1. The van der Waals surface area contributed by atoms with Gasteiger partial charge in [-0.15, -0.1) is 0 Å². The highest BCUT2D eigenvalue weighted by Crippen LogP contribution is 2.30. The molecule has 0 aromatic heterocycles. The number of benzene rings is 2. The van der Waals surface area contributed by atoms with E-state index in [1.165, 1.54) is 12.1 Å². The van der Waals surface area contributed by atoms with Gasteiger partial charge in [-0.3, -0.25) is 10.1 Å². The molecule has 0 aliphatic carbocycles. The molecule has 0 bridgehead atoms. The first-order valence-corrected chi connectivity index (χ1v) is 6.69. The lowest BCUT2D eigenvalue weighted by atomic mass is 10.0. The molecule has 5 nitrogen and oxygen atoms in total. The third-order valence-electron chi connectivity index (χ3n) is 3.44. The van der Waals surface area contributed by atoms with E-state index in [1.807, 2.05) is 32.9 Å². The van der Waals surface area contributed by atoms with Crippen LogP contribution < -0.4 is 5.32 Å². The Morgan fingerprint density at radius 1 is 1.19 bits per heavy atom. The molecule has 110 valence electrons. The molecule has 0 fully saturated rings. The molecule has 0 aliphatic heterocycles. The summed E-state index contributed by atoms with van der Waals surface area (Å²) in [5.74, 6) is 0.236. The van der Waals surface area contributed by atoms with E-state index in [4.69, 9.17) is 0 Å². The highest BCUT2D eigenvalue weighted by molar-refractivity contribution is 5.57. The molecule has 0 heterocycles. The first-order chi connectivity index (χ1) is 9.88. The van der Waals surface area contributed by atoms with Crippen molar-refractivity contribution in [3.63, 3.8) is 0 Å². The van der Waals surface area contributed by atoms with Crippen LogP contribution in [0, 0.1) is 24.0 Å². The molecule has 1 atom stereocenters. The topological polar surface area (TPSA) is 75.4 Å². The van der Waals surface area contributed by atoms with Crippen molar-refractivity contribution in [1.29, 1.82) is 0 Å². The van der Waals surface area contributed by atoms with Crippen LogP contribution in [0.5, 0.6) is 5.75 Å².